The molecule has 102 valence electrons. The zero-order chi connectivity index (χ0) is 13.4. The number of aliphatic hydroxyl groups excluding tert-OH is 1. The fraction of sp³-hybridized carbons (Fsp3) is 0.500. The summed E-state index contributed by atoms with van der Waals surface area (Å²) in [5.41, 5.74) is 4.12. The Kier molecular flexibility index (Phi) is 3.33. The number of rotatable bonds is 2. The van der Waals surface area contributed by atoms with Crippen LogP contribution in [0, 0.1) is 0 Å². The molecule has 0 amide bonds. The van der Waals surface area contributed by atoms with Crippen LogP contribution in [0.25, 0.3) is 10.9 Å². The molecule has 0 radical (unpaired) electrons. The van der Waals surface area contributed by atoms with E-state index in [0.717, 1.165) is 26.1 Å². The van der Waals surface area contributed by atoms with Gasteiger partial charge in [0, 0.05) is 42.1 Å². The summed E-state index contributed by atoms with van der Waals surface area (Å²) in [7, 11) is 2.15. The molecular formula is C16H22N2O. The smallest absolute Gasteiger partial charge is 0.0526 e. The van der Waals surface area contributed by atoms with Crippen LogP contribution in [0.3, 0.4) is 0 Å². The highest BCUT2D eigenvalue weighted by molar-refractivity contribution is 5.86. The minimum Gasteiger partial charge on any atom is -0.396 e. The van der Waals surface area contributed by atoms with Crippen LogP contribution < -0.4 is 0 Å². The van der Waals surface area contributed by atoms with E-state index in [-0.39, 0.29) is 12.5 Å². The molecular weight excluding hydrogens is 236 g/mol. The summed E-state index contributed by atoms with van der Waals surface area (Å²) in [6.07, 6.45) is 1.08. The van der Waals surface area contributed by atoms with Gasteiger partial charge in [0.2, 0.25) is 0 Å². The van der Waals surface area contributed by atoms with Gasteiger partial charge in [0.15, 0.2) is 0 Å². The molecule has 1 unspecified atom stereocenters. The second-order valence-electron chi connectivity index (χ2n) is 5.52. The maximum Gasteiger partial charge on any atom is 0.0526 e. The first-order valence-electron chi connectivity index (χ1n) is 7.15. The van der Waals surface area contributed by atoms with Crippen molar-refractivity contribution >= 4 is 10.9 Å². The van der Waals surface area contributed by atoms with E-state index < -0.39 is 0 Å². The van der Waals surface area contributed by atoms with Crippen molar-refractivity contribution in [3.8, 4) is 0 Å². The average molecular weight is 258 g/mol. The Bertz CT molecular complexity index is 588. The van der Waals surface area contributed by atoms with E-state index in [1.165, 1.54) is 22.2 Å². The number of fused-ring (bicyclic) bond motifs is 3. The molecule has 1 aromatic carbocycles. The van der Waals surface area contributed by atoms with Crippen LogP contribution in [-0.4, -0.2) is 41.3 Å². The fourth-order valence-electron chi connectivity index (χ4n) is 3.47. The maximum atomic E-state index is 9.79. The molecule has 19 heavy (non-hydrogen) atoms. The number of aliphatic hydroxyl groups is 1. The largest absolute Gasteiger partial charge is 0.396 e. The predicted molar refractivity (Wildman–Crippen MR) is 78.6 cm³/mol. The van der Waals surface area contributed by atoms with Gasteiger partial charge >= 0.3 is 0 Å². The Morgan fingerprint density at radius 1 is 1.32 bits per heavy atom. The summed E-state index contributed by atoms with van der Waals surface area (Å²) in [5.74, 6) is 0.231. The number of aromatic nitrogens is 1. The van der Waals surface area contributed by atoms with Crippen molar-refractivity contribution in [2.24, 2.45) is 0 Å². The minimum atomic E-state index is 0.230. The van der Waals surface area contributed by atoms with Gasteiger partial charge in [0.05, 0.1) is 6.61 Å². The molecule has 3 nitrogen and oxygen atoms in total. The number of benzene rings is 1. The van der Waals surface area contributed by atoms with Gasteiger partial charge in [-0.05, 0) is 32.0 Å². The average Bonchev–Trinajstić information content (AvgIpc) is 2.66. The van der Waals surface area contributed by atoms with Crippen LogP contribution in [0.2, 0.25) is 0 Å². The van der Waals surface area contributed by atoms with Crippen LogP contribution in [0.4, 0.5) is 0 Å². The highest BCUT2D eigenvalue weighted by atomic mass is 16.3. The molecule has 3 rings (SSSR count). The van der Waals surface area contributed by atoms with Gasteiger partial charge in [0.25, 0.3) is 0 Å². The predicted octanol–water partition coefficient (Wildman–Crippen LogP) is 2.23. The zero-order valence-electron chi connectivity index (χ0n) is 11.8. The standard InChI is InChI=1S/C16H22N2O/c1-3-18-15-7-5-4-6-13(15)14-8-9-17(2)10-12(11-19)16(14)18/h4-7,12,19H,3,8-11H2,1-2H3. The lowest BCUT2D eigenvalue weighted by atomic mass is 10.0. The second kappa shape index (κ2) is 4.99. The van der Waals surface area contributed by atoms with E-state index in [0.29, 0.717) is 0 Å². The Balaban J connectivity index is 2.27. The van der Waals surface area contributed by atoms with Crippen LogP contribution >= 0.6 is 0 Å². The second-order valence-corrected chi connectivity index (χ2v) is 5.52. The third-order valence-electron chi connectivity index (χ3n) is 4.32. The van der Waals surface area contributed by atoms with E-state index in [4.69, 9.17) is 0 Å². The lowest BCUT2D eigenvalue weighted by molar-refractivity contribution is 0.223. The number of hydrogen-bond acceptors (Lipinski definition) is 2. The normalized spacial score (nSPS) is 20.5. The van der Waals surface area contributed by atoms with Gasteiger partial charge in [-0.15, -0.1) is 0 Å². The summed E-state index contributed by atoms with van der Waals surface area (Å²) in [4.78, 5) is 2.33. The number of aryl methyl sites for hydroxylation is 1. The molecule has 1 aliphatic heterocycles. The molecule has 0 spiro atoms. The fourth-order valence-corrected chi connectivity index (χ4v) is 3.47. The van der Waals surface area contributed by atoms with E-state index >= 15 is 0 Å². The number of para-hydroxylation sites is 1. The van der Waals surface area contributed by atoms with E-state index in [1.807, 2.05) is 0 Å². The van der Waals surface area contributed by atoms with E-state index in [9.17, 15) is 5.11 Å². The van der Waals surface area contributed by atoms with Crippen LogP contribution in [-0.2, 0) is 13.0 Å². The van der Waals surface area contributed by atoms with Crippen molar-refractivity contribution in [1.29, 1.82) is 0 Å². The van der Waals surface area contributed by atoms with Gasteiger partial charge in [0.1, 0.15) is 0 Å². The van der Waals surface area contributed by atoms with E-state index in [2.05, 4.69) is 47.7 Å². The number of hydrogen-bond donors (Lipinski definition) is 1. The van der Waals surface area contributed by atoms with Crippen molar-refractivity contribution in [1.82, 2.24) is 9.47 Å². The molecule has 1 aliphatic rings. The van der Waals surface area contributed by atoms with Gasteiger partial charge in [-0.3, -0.25) is 0 Å². The molecule has 2 aromatic rings. The zero-order valence-corrected chi connectivity index (χ0v) is 11.8. The SMILES string of the molecule is CCn1c2c(c3ccccc31)CCN(C)CC2CO. The third-order valence-corrected chi connectivity index (χ3v) is 4.32. The van der Waals surface area contributed by atoms with Gasteiger partial charge in [-0.25, -0.2) is 0 Å². The van der Waals surface area contributed by atoms with E-state index in [1.54, 1.807) is 0 Å². The summed E-state index contributed by atoms with van der Waals surface area (Å²) >= 11 is 0. The topological polar surface area (TPSA) is 28.4 Å². The molecule has 0 saturated carbocycles. The maximum absolute atomic E-state index is 9.79. The molecule has 0 aliphatic carbocycles. The lowest BCUT2D eigenvalue weighted by Gasteiger charge is -2.21. The van der Waals surface area contributed by atoms with Crippen LogP contribution in [0.5, 0.6) is 0 Å². The summed E-state index contributed by atoms with van der Waals surface area (Å²) in [6, 6.07) is 8.64. The molecule has 0 saturated heterocycles. The first-order valence-corrected chi connectivity index (χ1v) is 7.15. The Morgan fingerprint density at radius 2 is 2.11 bits per heavy atom. The molecule has 0 bridgehead atoms. The molecule has 1 N–H and O–H groups in total. The molecule has 2 heterocycles. The third kappa shape index (κ3) is 1.97. The van der Waals surface area contributed by atoms with Gasteiger partial charge < -0.3 is 14.6 Å². The number of likely N-dealkylation sites (N-methyl/N-ethyl adjacent to an activating group) is 1. The Hall–Kier alpha value is -1.32. The van der Waals surface area contributed by atoms with Crippen LogP contribution in [0.1, 0.15) is 24.1 Å². The highest BCUT2D eigenvalue weighted by Gasteiger charge is 2.26. The summed E-state index contributed by atoms with van der Waals surface area (Å²) in [5, 5.41) is 11.2. The van der Waals surface area contributed by atoms with Crippen molar-refractivity contribution < 1.29 is 5.11 Å². The lowest BCUT2D eigenvalue weighted by Crippen LogP contribution is -2.26. The van der Waals surface area contributed by atoms with Crippen molar-refractivity contribution in [3.05, 3.63) is 35.5 Å². The Labute approximate surface area is 114 Å². The van der Waals surface area contributed by atoms with Crippen molar-refractivity contribution in [3.63, 3.8) is 0 Å². The first-order chi connectivity index (χ1) is 9.26. The number of nitrogens with zero attached hydrogens (tertiary/aromatic N) is 2. The van der Waals surface area contributed by atoms with Gasteiger partial charge in [-0.1, -0.05) is 18.2 Å². The monoisotopic (exact) mass is 258 g/mol. The molecule has 1 aromatic heterocycles. The minimum absolute atomic E-state index is 0.230. The van der Waals surface area contributed by atoms with Crippen molar-refractivity contribution in [2.45, 2.75) is 25.8 Å². The summed E-state index contributed by atoms with van der Waals surface area (Å²) < 4.78 is 2.39. The summed E-state index contributed by atoms with van der Waals surface area (Å²) in [6.45, 7) is 5.40. The Morgan fingerprint density at radius 3 is 2.84 bits per heavy atom. The molecule has 3 heteroatoms. The highest BCUT2D eigenvalue weighted by Crippen LogP contribution is 2.34. The molecule has 0 fully saturated rings. The van der Waals surface area contributed by atoms with Gasteiger partial charge in [-0.2, -0.15) is 0 Å². The molecule has 1 atom stereocenters. The van der Waals surface area contributed by atoms with Crippen LogP contribution in [0.15, 0.2) is 24.3 Å². The van der Waals surface area contributed by atoms with Crippen molar-refractivity contribution in [2.75, 3.05) is 26.7 Å². The quantitative estimate of drug-likeness (QED) is 0.894. The first kappa shape index (κ1) is 12.7.